The molecule has 2 rings (SSSR count). The largest absolute Gasteiger partial charge is 0.466 e. The van der Waals surface area contributed by atoms with Crippen molar-refractivity contribution in [2.24, 2.45) is 0 Å². The highest BCUT2D eigenvalue weighted by atomic mass is 16.5. The summed E-state index contributed by atoms with van der Waals surface area (Å²) < 4.78 is 9.25. The van der Waals surface area contributed by atoms with E-state index in [9.17, 15) is 9.59 Å². The lowest BCUT2D eigenvalue weighted by Crippen LogP contribution is -2.41. The zero-order valence-corrected chi connectivity index (χ0v) is 15.8. The Labute approximate surface area is 154 Å². The number of piperidine rings is 1. The van der Waals surface area contributed by atoms with Crippen LogP contribution in [-0.2, 0) is 19.1 Å². The number of esters is 2. The SMILES string of the molecule is COC(=O)/C=C(/Nc1ccc(N2CCC(N(C)C)CC2)cc1)C(=O)OC. The van der Waals surface area contributed by atoms with Gasteiger partial charge in [-0.3, -0.25) is 0 Å². The average molecular weight is 361 g/mol. The van der Waals surface area contributed by atoms with Gasteiger partial charge in [-0.25, -0.2) is 9.59 Å². The summed E-state index contributed by atoms with van der Waals surface area (Å²) in [5, 5.41) is 2.91. The molecule has 0 aromatic heterocycles. The maximum absolute atomic E-state index is 11.8. The van der Waals surface area contributed by atoms with Crippen LogP contribution in [0.15, 0.2) is 36.0 Å². The van der Waals surface area contributed by atoms with Gasteiger partial charge in [-0.2, -0.15) is 0 Å². The highest BCUT2D eigenvalue weighted by Crippen LogP contribution is 2.24. The molecule has 0 aliphatic carbocycles. The second-order valence-electron chi connectivity index (χ2n) is 6.43. The molecule has 0 radical (unpaired) electrons. The quantitative estimate of drug-likeness (QED) is 0.612. The van der Waals surface area contributed by atoms with Gasteiger partial charge in [-0.05, 0) is 51.2 Å². The molecule has 0 bridgehead atoms. The van der Waals surface area contributed by atoms with Gasteiger partial charge in [-0.1, -0.05) is 0 Å². The van der Waals surface area contributed by atoms with E-state index < -0.39 is 11.9 Å². The fourth-order valence-electron chi connectivity index (χ4n) is 2.98. The van der Waals surface area contributed by atoms with E-state index >= 15 is 0 Å². The van der Waals surface area contributed by atoms with Crippen LogP contribution in [0.5, 0.6) is 0 Å². The number of nitrogens with zero attached hydrogens (tertiary/aromatic N) is 2. The molecular formula is C19H27N3O4. The zero-order valence-electron chi connectivity index (χ0n) is 15.8. The lowest BCUT2D eigenvalue weighted by atomic mass is 10.0. The van der Waals surface area contributed by atoms with E-state index in [2.05, 4.69) is 38.7 Å². The topological polar surface area (TPSA) is 71.1 Å². The Kier molecular flexibility index (Phi) is 7.03. The van der Waals surface area contributed by atoms with Gasteiger partial charge in [0.15, 0.2) is 0 Å². The van der Waals surface area contributed by atoms with Crippen LogP contribution >= 0.6 is 0 Å². The minimum absolute atomic E-state index is 0.0268. The van der Waals surface area contributed by atoms with E-state index in [1.165, 1.54) is 14.2 Å². The number of methoxy groups -OCH3 is 2. The normalized spacial score (nSPS) is 15.7. The monoisotopic (exact) mass is 361 g/mol. The van der Waals surface area contributed by atoms with Crippen molar-refractivity contribution in [3.05, 3.63) is 36.0 Å². The maximum Gasteiger partial charge on any atom is 0.354 e. The first-order chi connectivity index (χ1) is 12.4. The van der Waals surface area contributed by atoms with Gasteiger partial charge in [0.2, 0.25) is 0 Å². The molecule has 7 heteroatoms. The van der Waals surface area contributed by atoms with Crippen LogP contribution < -0.4 is 10.2 Å². The summed E-state index contributed by atoms with van der Waals surface area (Å²) in [5.74, 6) is -1.26. The van der Waals surface area contributed by atoms with Crippen LogP contribution in [-0.4, -0.2) is 64.3 Å². The number of nitrogens with one attached hydrogen (secondary N) is 1. The standard InChI is InChI=1S/C19H27N3O4/c1-21(2)15-9-11-22(12-10-15)16-7-5-14(6-8-16)20-17(19(24)26-4)13-18(23)25-3/h5-8,13,15,20H,9-12H2,1-4H3/b17-13+. The smallest absolute Gasteiger partial charge is 0.354 e. The first-order valence-corrected chi connectivity index (χ1v) is 8.61. The number of hydrogen-bond acceptors (Lipinski definition) is 7. The first kappa shape index (κ1) is 19.8. The summed E-state index contributed by atoms with van der Waals surface area (Å²) in [6.07, 6.45) is 3.36. The van der Waals surface area contributed by atoms with Crippen LogP contribution in [0, 0.1) is 0 Å². The summed E-state index contributed by atoms with van der Waals surface area (Å²) in [6, 6.07) is 8.40. The molecule has 1 N–H and O–H groups in total. The summed E-state index contributed by atoms with van der Waals surface area (Å²) in [6.45, 7) is 2.04. The molecule has 0 saturated carbocycles. The van der Waals surface area contributed by atoms with Crippen molar-refractivity contribution in [2.45, 2.75) is 18.9 Å². The Morgan fingerprint density at radius 2 is 1.73 bits per heavy atom. The van der Waals surface area contributed by atoms with Gasteiger partial charge in [0.1, 0.15) is 5.70 Å². The lowest BCUT2D eigenvalue weighted by molar-refractivity contribution is -0.138. The van der Waals surface area contributed by atoms with E-state index in [1.807, 2.05) is 24.3 Å². The molecule has 0 unspecified atom stereocenters. The van der Waals surface area contributed by atoms with E-state index in [1.54, 1.807) is 0 Å². The molecule has 0 spiro atoms. The molecule has 1 aliphatic heterocycles. The van der Waals surface area contributed by atoms with Crippen LogP contribution in [0.2, 0.25) is 0 Å². The number of carbonyl (C=O) groups excluding carboxylic acids is 2. The molecule has 26 heavy (non-hydrogen) atoms. The van der Waals surface area contributed by atoms with Crippen molar-refractivity contribution in [3.63, 3.8) is 0 Å². The molecule has 7 nitrogen and oxygen atoms in total. The second kappa shape index (κ2) is 9.24. The third kappa shape index (κ3) is 5.23. The number of carbonyl (C=O) groups is 2. The third-order valence-electron chi connectivity index (χ3n) is 4.57. The van der Waals surface area contributed by atoms with E-state index in [0.717, 1.165) is 37.7 Å². The Balaban J connectivity index is 2.03. The Hall–Kier alpha value is -2.54. The lowest BCUT2D eigenvalue weighted by Gasteiger charge is -2.36. The van der Waals surface area contributed by atoms with Crippen molar-refractivity contribution in [3.8, 4) is 0 Å². The highest BCUT2D eigenvalue weighted by Gasteiger charge is 2.20. The van der Waals surface area contributed by atoms with Gasteiger partial charge in [0.05, 0.1) is 20.3 Å². The number of hydrogen-bond donors (Lipinski definition) is 1. The third-order valence-corrected chi connectivity index (χ3v) is 4.57. The number of anilines is 2. The molecule has 1 saturated heterocycles. The zero-order chi connectivity index (χ0) is 19.1. The fraction of sp³-hybridized carbons (Fsp3) is 0.474. The van der Waals surface area contributed by atoms with Crippen LogP contribution in [0.1, 0.15) is 12.8 Å². The predicted octanol–water partition coefficient (Wildman–Crippen LogP) is 1.86. The fourth-order valence-corrected chi connectivity index (χ4v) is 2.98. The molecule has 0 atom stereocenters. The van der Waals surface area contributed by atoms with Crippen molar-refractivity contribution in [1.29, 1.82) is 0 Å². The van der Waals surface area contributed by atoms with Gasteiger partial charge in [-0.15, -0.1) is 0 Å². The first-order valence-electron chi connectivity index (χ1n) is 8.61. The summed E-state index contributed by atoms with van der Waals surface area (Å²) in [5.41, 5.74) is 1.86. The number of rotatable bonds is 6. The van der Waals surface area contributed by atoms with E-state index in [0.29, 0.717) is 11.7 Å². The van der Waals surface area contributed by atoms with Gasteiger partial charge >= 0.3 is 11.9 Å². The molecule has 1 fully saturated rings. The van der Waals surface area contributed by atoms with Crippen molar-refractivity contribution >= 4 is 23.3 Å². The van der Waals surface area contributed by atoms with E-state index in [-0.39, 0.29) is 5.70 Å². The highest BCUT2D eigenvalue weighted by molar-refractivity contribution is 5.98. The van der Waals surface area contributed by atoms with E-state index in [4.69, 9.17) is 0 Å². The predicted molar refractivity (Wildman–Crippen MR) is 101 cm³/mol. The Morgan fingerprint density at radius 1 is 1.12 bits per heavy atom. The summed E-state index contributed by atoms with van der Waals surface area (Å²) in [4.78, 5) is 27.8. The molecular weight excluding hydrogens is 334 g/mol. The van der Waals surface area contributed by atoms with Gasteiger partial charge < -0.3 is 24.6 Å². The van der Waals surface area contributed by atoms with Gasteiger partial charge in [0, 0.05) is 30.5 Å². The van der Waals surface area contributed by atoms with Crippen molar-refractivity contribution in [2.75, 3.05) is 51.6 Å². The minimum Gasteiger partial charge on any atom is -0.466 e. The second-order valence-corrected chi connectivity index (χ2v) is 6.43. The molecule has 1 aromatic carbocycles. The molecule has 0 amide bonds. The number of benzene rings is 1. The molecule has 1 aliphatic rings. The molecule has 1 heterocycles. The van der Waals surface area contributed by atoms with Crippen molar-refractivity contribution < 1.29 is 19.1 Å². The van der Waals surface area contributed by atoms with Crippen LogP contribution in [0.25, 0.3) is 0 Å². The number of ether oxygens (including phenoxy) is 2. The van der Waals surface area contributed by atoms with Crippen molar-refractivity contribution in [1.82, 2.24) is 4.90 Å². The van der Waals surface area contributed by atoms with Crippen LogP contribution in [0.4, 0.5) is 11.4 Å². The van der Waals surface area contributed by atoms with Crippen LogP contribution in [0.3, 0.4) is 0 Å². The average Bonchev–Trinajstić information content (AvgIpc) is 2.67. The Bertz CT molecular complexity index is 647. The molecule has 142 valence electrons. The molecule has 1 aromatic rings. The maximum atomic E-state index is 11.8. The summed E-state index contributed by atoms with van der Waals surface area (Å²) >= 11 is 0. The minimum atomic E-state index is -0.634. The summed E-state index contributed by atoms with van der Waals surface area (Å²) in [7, 11) is 6.76. The van der Waals surface area contributed by atoms with Gasteiger partial charge in [0.25, 0.3) is 0 Å². The Morgan fingerprint density at radius 3 is 2.23 bits per heavy atom.